The molecule has 1 fully saturated rings. The van der Waals surface area contributed by atoms with Crippen molar-refractivity contribution < 1.29 is 9.84 Å². The zero-order valence-electron chi connectivity index (χ0n) is 12.5. The lowest BCUT2D eigenvalue weighted by Crippen LogP contribution is -2.45. The number of methoxy groups -OCH3 is 1. The van der Waals surface area contributed by atoms with Crippen molar-refractivity contribution in [3.05, 3.63) is 23.8 Å². The highest BCUT2D eigenvalue weighted by Crippen LogP contribution is 2.29. The zero-order valence-corrected chi connectivity index (χ0v) is 12.5. The van der Waals surface area contributed by atoms with E-state index in [0.717, 1.165) is 24.6 Å². The number of rotatable bonds is 5. The van der Waals surface area contributed by atoms with Gasteiger partial charge in [-0.25, -0.2) is 0 Å². The van der Waals surface area contributed by atoms with Crippen LogP contribution in [0.25, 0.3) is 0 Å². The largest absolute Gasteiger partial charge is 0.504 e. The van der Waals surface area contributed by atoms with Crippen LogP contribution in [0.1, 0.15) is 31.7 Å². The van der Waals surface area contributed by atoms with Crippen LogP contribution in [0.15, 0.2) is 18.2 Å². The Balaban J connectivity index is 2.03. The summed E-state index contributed by atoms with van der Waals surface area (Å²) >= 11 is 0. The average molecular weight is 278 g/mol. The predicted molar refractivity (Wildman–Crippen MR) is 80.9 cm³/mol. The van der Waals surface area contributed by atoms with Crippen molar-refractivity contribution in [2.45, 2.75) is 38.8 Å². The number of phenolic OH excluding ortho intramolecular Hbond substituents is 1. The molecular weight excluding hydrogens is 252 g/mol. The van der Waals surface area contributed by atoms with Crippen molar-refractivity contribution in [2.24, 2.45) is 11.7 Å². The summed E-state index contributed by atoms with van der Waals surface area (Å²) in [4.78, 5) is 2.44. The molecule has 0 radical (unpaired) electrons. The van der Waals surface area contributed by atoms with E-state index in [-0.39, 0.29) is 5.75 Å². The minimum Gasteiger partial charge on any atom is -0.504 e. The van der Waals surface area contributed by atoms with Gasteiger partial charge >= 0.3 is 0 Å². The van der Waals surface area contributed by atoms with Crippen molar-refractivity contribution in [3.8, 4) is 11.5 Å². The van der Waals surface area contributed by atoms with Crippen molar-refractivity contribution in [2.75, 3.05) is 20.2 Å². The molecule has 1 heterocycles. The summed E-state index contributed by atoms with van der Waals surface area (Å²) in [6.07, 6.45) is 3.68. The first kappa shape index (κ1) is 15.1. The van der Waals surface area contributed by atoms with E-state index in [2.05, 4.69) is 11.8 Å². The number of hydrogen-bond acceptors (Lipinski definition) is 4. The summed E-state index contributed by atoms with van der Waals surface area (Å²) in [5.74, 6) is 1.54. The van der Waals surface area contributed by atoms with E-state index in [1.54, 1.807) is 13.2 Å². The summed E-state index contributed by atoms with van der Waals surface area (Å²) in [6.45, 7) is 4.90. The molecule has 4 nitrogen and oxygen atoms in total. The van der Waals surface area contributed by atoms with E-state index in [9.17, 15) is 5.11 Å². The van der Waals surface area contributed by atoms with Crippen molar-refractivity contribution in [3.63, 3.8) is 0 Å². The van der Waals surface area contributed by atoms with Gasteiger partial charge in [0.05, 0.1) is 7.11 Å². The number of likely N-dealkylation sites (tertiary alicyclic amines) is 1. The number of phenols is 1. The Morgan fingerprint density at radius 2 is 2.25 bits per heavy atom. The van der Waals surface area contributed by atoms with E-state index in [1.807, 2.05) is 12.1 Å². The first-order valence-electron chi connectivity index (χ1n) is 7.47. The summed E-state index contributed by atoms with van der Waals surface area (Å²) in [5.41, 5.74) is 7.04. The van der Waals surface area contributed by atoms with Crippen molar-refractivity contribution in [1.29, 1.82) is 0 Å². The molecule has 0 saturated carbocycles. The Kier molecular flexibility index (Phi) is 5.26. The van der Waals surface area contributed by atoms with Crippen LogP contribution in [0.2, 0.25) is 0 Å². The zero-order chi connectivity index (χ0) is 14.5. The monoisotopic (exact) mass is 278 g/mol. The van der Waals surface area contributed by atoms with Gasteiger partial charge in [-0.15, -0.1) is 0 Å². The molecule has 2 atom stereocenters. The second-order valence-corrected chi connectivity index (χ2v) is 5.66. The fourth-order valence-electron chi connectivity index (χ4n) is 3.08. The number of nitrogens with two attached hydrogens (primary N) is 1. The maximum Gasteiger partial charge on any atom is 0.160 e. The third-order valence-electron chi connectivity index (χ3n) is 4.42. The van der Waals surface area contributed by atoms with E-state index < -0.39 is 0 Å². The van der Waals surface area contributed by atoms with Crippen LogP contribution in [0.4, 0.5) is 0 Å². The van der Waals surface area contributed by atoms with Crippen LogP contribution in [-0.4, -0.2) is 36.2 Å². The van der Waals surface area contributed by atoms with Crippen LogP contribution in [0.3, 0.4) is 0 Å². The van der Waals surface area contributed by atoms with E-state index in [1.165, 1.54) is 19.3 Å². The van der Waals surface area contributed by atoms with Crippen LogP contribution in [0, 0.1) is 5.92 Å². The Morgan fingerprint density at radius 3 is 2.85 bits per heavy atom. The number of hydrogen-bond donors (Lipinski definition) is 2. The number of benzene rings is 1. The van der Waals surface area contributed by atoms with Crippen molar-refractivity contribution in [1.82, 2.24) is 4.90 Å². The second-order valence-electron chi connectivity index (χ2n) is 5.66. The Morgan fingerprint density at radius 1 is 1.45 bits per heavy atom. The molecular formula is C16H26N2O2. The van der Waals surface area contributed by atoms with Gasteiger partial charge < -0.3 is 15.6 Å². The van der Waals surface area contributed by atoms with Gasteiger partial charge in [-0.2, -0.15) is 0 Å². The van der Waals surface area contributed by atoms with Gasteiger partial charge in [0.15, 0.2) is 11.5 Å². The lowest BCUT2D eigenvalue weighted by Gasteiger charge is -2.39. The molecule has 2 unspecified atom stereocenters. The second kappa shape index (κ2) is 6.95. The molecule has 1 aromatic rings. The highest BCUT2D eigenvalue weighted by molar-refractivity contribution is 5.41. The Labute approximate surface area is 121 Å². The first-order valence-corrected chi connectivity index (χ1v) is 7.47. The van der Waals surface area contributed by atoms with Gasteiger partial charge in [0.2, 0.25) is 0 Å². The molecule has 0 amide bonds. The fraction of sp³-hybridized carbons (Fsp3) is 0.625. The standard InChI is InChI=1S/C16H26N2O2/c1-3-12-6-7-18(14(8-12)10-17)11-13-4-5-16(20-2)15(19)9-13/h4-5,9,12,14,19H,3,6-8,10-11,17H2,1-2H3. The first-order chi connectivity index (χ1) is 9.67. The van der Waals surface area contributed by atoms with Gasteiger partial charge in [-0.05, 0) is 43.0 Å². The number of ether oxygens (including phenoxy) is 1. The molecule has 3 N–H and O–H groups in total. The lowest BCUT2D eigenvalue weighted by molar-refractivity contribution is 0.107. The van der Waals surface area contributed by atoms with Crippen LogP contribution >= 0.6 is 0 Å². The topological polar surface area (TPSA) is 58.7 Å². The maximum absolute atomic E-state index is 9.86. The normalized spacial score (nSPS) is 23.8. The summed E-state index contributed by atoms with van der Waals surface area (Å²) in [6, 6.07) is 6.08. The molecule has 0 bridgehead atoms. The third kappa shape index (κ3) is 3.44. The maximum atomic E-state index is 9.86. The molecule has 0 aliphatic carbocycles. The third-order valence-corrected chi connectivity index (χ3v) is 4.42. The SMILES string of the molecule is CCC1CCN(Cc2ccc(OC)c(O)c2)C(CN)C1. The van der Waals surface area contributed by atoms with Gasteiger partial charge in [-0.1, -0.05) is 19.4 Å². The van der Waals surface area contributed by atoms with E-state index >= 15 is 0 Å². The number of nitrogens with zero attached hydrogens (tertiary/aromatic N) is 1. The molecule has 112 valence electrons. The van der Waals surface area contributed by atoms with Gasteiger partial charge in [-0.3, -0.25) is 4.90 Å². The quantitative estimate of drug-likeness (QED) is 0.868. The molecule has 0 spiro atoms. The molecule has 4 heteroatoms. The molecule has 1 aliphatic heterocycles. The highest BCUT2D eigenvalue weighted by atomic mass is 16.5. The highest BCUT2D eigenvalue weighted by Gasteiger charge is 2.26. The minimum atomic E-state index is 0.206. The lowest BCUT2D eigenvalue weighted by atomic mass is 9.88. The molecule has 20 heavy (non-hydrogen) atoms. The molecule has 1 aromatic carbocycles. The van der Waals surface area contributed by atoms with Gasteiger partial charge in [0.25, 0.3) is 0 Å². The van der Waals surface area contributed by atoms with Gasteiger partial charge in [0.1, 0.15) is 0 Å². The average Bonchev–Trinajstić information content (AvgIpc) is 2.48. The van der Waals surface area contributed by atoms with E-state index in [4.69, 9.17) is 10.5 Å². The summed E-state index contributed by atoms with van der Waals surface area (Å²) < 4.78 is 5.08. The van der Waals surface area contributed by atoms with E-state index in [0.29, 0.717) is 18.3 Å². The smallest absolute Gasteiger partial charge is 0.160 e. The molecule has 1 saturated heterocycles. The molecule has 2 rings (SSSR count). The van der Waals surface area contributed by atoms with Crippen LogP contribution in [-0.2, 0) is 6.54 Å². The minimum absolute atomic E-state index is 0.206. The Hall–Kier alpha value is -1.26. The Bertz CT molecular complexity index is 436. The number of aromatic hydroxyl groups is 1. The number of piperidine rings is 1. The molecule has 0 aromatic heterocycles. The van der Waals surface area contributed by atoms with Crippen molar-refractivity contribution >= 4 is 0 Å². The van der Waals surface area contributed by atoms with Crippen LogP contribution in [0.5, 0.6) is 11.5 Å². The molecule has 1 aliphatic rings. The summed E-state index contributed by atoms with van der Waals surface area (Å²) in [7, 11) is 1.56. The fourth-order valence-corrected chi connectivity index (χ4v) is 3.08. The predicted octanol–water partition coefficient (Wildman–Crippen LogP) is 2.35. The summed E-state index contributed by atoms with van der Waals surface area (Å²) in [5, 5.41) is 9.86. The van der Waals surface area contributed by atoms with Gasteiger partial charge in [0, 0.05) is 19.1 Å². The van der Waals surface area contributed by atoms with Crippen LogP contribution < -0.4 is 10.5 Å².